The summed E-state index contributed by atoms with van der Waals surface area (Å²) in [6.45, 7) is 13.9. The predicted molar refractivity (Wildman–Crippen MR) is 135 cm³/mol. The maximum absolute atomic E-state index is 5.54. The molecule has 1 fully saturated rings. The number of ether oxygens (including phenoxy) is 1. The zero-order valence-electron chi connectivity index (χ0n) is 21.1. The van der Waals surface area contributed by atoms with Gasteiger partial charge in [-0.2, -0.15) is 0 Å². The van der Waals surface area contributed by atoms with Crippen LogP contribution in [0.4, 0.5) is 0 Å². The minimum atomic E-state index is -0.141. The van der Waals surface area contributed by atoms with Crippen LogP contribution >= 0.6 is 0 Å². The van der Waals surface area contributed by atoms with Crippen molar-refractivity contribution in [1.29, 1.82) is 0 Å². The Bertz CT molecular complexity index is 642. The van der Waals surface area contributed by atoms with E-state index in [0.29, 0.717) is 0 Å². The second-order valence-electron chi connectivity index (χ2n) is 9.32. The molecule has 1 rings (SSSR count). The van der Waals surface area contributed by atoms with E-state index in [9.17, 15) is 0 Å². The van der Waals surface area contributed by atoms with E-state index in [4.69, 9.17) is 9.57 Å². The fraction of sp³-hybridized carbons (Fsp3) is 0.679. The first kappa shape index (κ1) is 27.4. The van der Waals surface area contributed by atoms with Gasteiger partial charge in [0.25, 0.3) is 0 Å². The lowest BCUT2D eigenvalue weighted by Crippen LogP contribution is -2.20. The molecule has 0 saturated carbocycles. The molecule has 0 aliphatic carbocycles. The van der Waals surface area contributed by atoms with Crippen molar-refractivity contribution < 1.29 is 9.57 Å². The molecule has 1 unspecified atom stereocenters. The van der Waals surface area contributed by atoms with Crippen LogP contribution in [0.2, 0.25) is 0 Å². The third-order valence-corrected chi connectivity index (χ3v) is 5.62. The summed E-state index contributed by atoms with van der Waals surface area (Å²) in [4.78, 5) is 5.50. The van der Waals surface area contributed by atoms with Crippen molar-refractivity contribution in [2.75, 3.05) is 6.61 Å². The molecule has 0 N–H and O–H groups in total. The Labute approximate surface area is 192 Å². The van der Waals surface area contributed by atoms with Crippen LogP contribution in [0.15, 0.2) is 51.8 Å². The lowest BCUT2D eigenvalue weighted by Gasteiger charge is -2.20. The van der Waals surface area contributed by atoms with E-state index in [-0.39, 0.29) is 6.29 Å². The first-order valence-corrected chi connectivity index (χ1v) is 12.3. The van der Waals surface area contributed by atoms with Crippen molar-refractivity contribution in [3.8, 4) is 0 Å². The van der Waals surface area contributed by atoms with Gasteiger partial charge in [-0.15, -0.1) is 0 Å². The minimum absolute atomic E-state index is 0.141. The zero-order chi connectivity index (χ0) is 22.9. The third-order valence-electron chi connectivity index (χ3n) is 5.62. The first-order valence-electron chi connectivity index (χ1n) is 12.3. The van der Waals surface area contributed by atoms with Gasteiger partial charge >= 0.3 is 0 Å². The molecular weight excluding hydrogens is 382 g/mol. The van der Waals surface area contributed by atoms with Gasteiger partial charge in [0, 0.05) is 6.42 Å². The topological polar surface area (TPSA) is 30.8 Å². The molecule has 1 aliphatic rings. The standard InChI is InChI=1S/C28H47NO2/c1-23(2)13-9-14-24(3)15-10-16-25(4)17-11-18-26(5)19-12-20-27(6)29-31-28-21-7-8-22-30-28/h13,15,17,19,28H,7-12,14,16,18,20-22H2,1-6H3/b24-15+,25-17+,26-19+,29-27+. The quantitative estimate of drug-likeness (QED) is 0.157. The van der Waals surface area contributed by atoms with Crippen LogP contribution in [0.1, 0.15) is 112 Å². The Morgan fingerprint density at radius 1 is 0.742 bits per heavy atom. The summed E-state index contributed by atoms with van der Waals surface area (Å²) in [5.74, 6) is 0. The molecule has 0 aromatic rings. The van der Waals surface area contributed by atoms with Crippen LogP contribution in [-0.2, 0) is 9.57 Å². The lowest BCUT2D eigenvalue weighted by atomic mass is 10.0. The molecule has 1 aliphatic heterocycles. The number of hydrogen-bond acceptors (Lipinski definition) is 3. The largest absolute Gasteiger partial charge is 0.364 e. The molecule has 31 heavy (non-hydrogen) atoms. The Morgan fingerprint density at radius 2 is 1.26 bits per heavy atom. The summed E-state index contributed by atoms with van der Waals surface area (Å²) in [5.41, 5.74) is 6.94. The van der Waals surface area contributed by atoms with Crippen LogP contribution in [0.5, 0.6) is 0 Å². The monoisotopic (exact) mass is 429 g/mol. The molecule has 0 bridgehead atoms. The van der Waals surface area contributed by atoms with Gasteiger partial charge in [-0.3, -0.25) is 0 Å². The van der Waals surface area contributed by atoms with Crippen molar-refractivity contribution in [3.63, 3.8) is 0 Å². The van der Waals surface area contributed by atoms with E-state index >= 15 is 0 Å². The highest BCUT2D eigenvalue weighted by Gasteiger charge is 2.14. The Hall–Kier alpha value is -1.61. The summed E-state index contributed by atoms with van der Waals surface area (Å²) in [6, 6.07) is 0. The summed E-state index contributed by atoms with van der Waals surface area (Å²) in [6.07, 6.45) is 21.5. The number of rotatable bonds is 14. The fourth-order valence-electron chi connectivity index (χ4n) is 3.50. The predicted octanol–water partition coefficient (Wildman–Crippen LogP) is 8.83. The molecule has 0 spiro atoms. The summed E-state index contributed by atoms with van der Waals surface area (Å²) >= 11 is 0. The van der Waals surface area contributed by atoms with E-state index in [2.05, 4.69) is 64.1 Å². The highest BCUT2D eigenvalue weighted by Crippen LogP contribution is 2.15. The number of allylic oxidation sites excluding steroid dienone is 8. The SMILES string of the molecule is CC(C)=CCC/C(C)=C/CC/C(C)=C/CC/C(C)=C/CC/C(C)=N/OC1CCCCO1. The zero-order valence-corrected chi connectivity index (χ0v) is 21.1. The second kappa shape index (κ2) is 17.0. The average Bonchev–Trinajstić information content (AvgIpc) is 2.72. The van der Waals surface area contributed by atoms with E-state index < -0.39 is 0 Å². The average molecular weight is 430 g/mol. The maximum Gasteiger partial charge on any atom is 0.226 e. The highest BCUT2D eigenvalue weighted by atomic mass is 16.8. The highest BCUT2D eigenvalue weighted by molar-refractivity contribution is 5.81. The minimum Gasteiger partial charge on any atom is -0.364 e. The van der Waals surface area contributed by atoms with Gasteiger partial charge in [0.15, 0.2) is 0 Å². The van der Waals surface area contributed by atoms with E-state index in [0.717, 1.165) is 57.3 Å². The van der Waals surface area contributed by atoms with E-state index in [1.165, 1.54) is 48.0 Å². The molecule has 0 amide bonds. The Kier molecular flexibility index (Phi) is 15.0. The Balaban J connectivity index is 2.19. The normalized spacial score (nSPS) is 18.8. The molecule has 3 nitrogen and oxygen atoms in total. The van der Waals surface area contributed by atoms with Crippen LogP contribution in [0.3, 0.4) is 0 Å². The van der Waals surface area contributed by atoms with Gasteiger partial charge in [0.2, 0.25) is 6.29 Å². The van der Waals surface area contributed by atoms with Crippen LogP contribution < -0.4 is 0 Å². The number of hydrogen-bond donors (Lipinski definition) is 0. The van der Waals surface area contributed by atoms with Gasteiger partial charge in [-0.05, 0) is 106 Å². The Morgan fingerprint density at radius 3 is 1.74 bits per heavy atom. The smallest absolute Gasteiger partial charge is 0.226 e. The van der Waals surface area contributed by atoms with E-state index in [1.54, 1.807) is 0 Å². The van der Waals surface area contributed by atoms with Crippen molar-refractivity contribution in [1.82, 2.24) is 0 Å². The van der Waals surface area contributed by atoms with Gasteiger partial charge in [-0.1, -0.05) is 51.8 Å². The number of oxime groups is 1. The van der Waals surface area contributed by atoms with Crippen molar-refractivity contribution in [2.45, 2.75) is 118 Å². The first-order chi connectivity index (χ1) is 14.9. The van der Waals surface area contributed by atoms with Crippen molar-refractivity contribution >= 4 is 5.71 Å². The molecule has 0 aromatic carbocycles. The van der Waals surface area contributed by atoms with Crippen LogP contribution in [-0.4, -0.2) is 18.6 Å². The summed E-state index contributed by atoms with van der Waals surface area (Å²) in [5, 5.41) is 4.24. The fourth-order valence-corrected chi connectivity index (χ4v) is 3.50. The van der Waals surface area contributed by atoms with Crippen LogP contribution in [0.25, 0.3) is 0 Å². The third kappa shape index (κ3) is 15.8. The molecule has 176 valence electrons. The van der Waals surface area contributed by atoms with Gasteiger partial charge in [0.05, 0.1) is 12.3 Å². The molecule has 1 saturated heterocycles. The van der Waals surface area contributed by atoms with Gasteiger partial charge in [-0.25, -0.2) is 0 Å². The van der Waals surface area contributed by atoms with Crippen molar-refractivity contribution in [3.05, 3.63) is 46.6 Å². The van der Waals surface area contributed by atoms with Gasteiger partial charge < -0.3 is 9.57 Å². The molecule has 1 heterocycles. The summed E-state index contributed by atoms with van der Waals surface area (Å²) in [7, 11) is 0. The second-order valence-corrected chi connectivity index (χ2v) is 9.32. The molecule has 3 heteroatoms. The maximum atomic E-state index is 5.54. The molecule has 1 atom stereocenters. The molecular formula is C28H47NO2. The molecule has 0 radical (unpaired) electrons. The molecule has 0 aromatic heterocycles. The number of nitrogens with zero attached hydrogens (tertiary/aromatic N) is 1. The lowest BCUT2D eigenvalue weighted by molar-refractivity contribution is -0.162. The van der Waals surface area contributed by atoms with E-state index in [1.807, 2.05) is 6.92 Å². The summed E-state index contributed by atoms with van der Waals surface area (Å²) < 4.78 is 5.54. The van der Waals surface area contributed by atoms with Gasteiger partial charge in [0.1, 0.15) is 0 Å². The van der Waals surface area contributed by atoms with Crippen molar-refractivity contribution in [2.24, 2.45) is 5.16 Å². The van der Waals surface area contributed by atoms with Crippen LogP contribution in [0, 0.1) is 0 Å².